The molecule has 0 radical (unpaired) electrons. The van der Waals surface area contributed by atoms with Crippen LogP contribution in [-0.2, 0) is 0 Å². The zero-order valence-corrected chi connectivity index (χ0v) is 6.16. The first kappa shape index (κ1) is 6.29. The summed E-state index contributed by atoms with van der Waals surface area (Å²) in [6.45, 7) is 0. The largest absolute Gasteiger partial charge is 0.339 e. The van der Waals surface area contributed by atoms with Crippen LogP contribution in [0.4, 0.5) is 0 Å². The summed E-state index contributed by atoms with van der Waals surface area (Å²) in [4.78, 5) is 22.7. The van der Waals surface area contributed by atoms with Gasteiger partial charge in [0.1, 0.15) is 5.52 Å². The smallest absolute Gasteiger partial charge is 0.277 e. The van der Waals surface area contributed by atoms with Gasteiger partial charge in [0.25, 0.3) is 5.56 Å². The van der Waals surface area contributed by atoms with Gasteiger partial charge in [-0.25, -0.2) is 4.98 Å². The Morgan fingerprint density at radius 2 is 2.27 bits per heavy atom. The molecule has 0 fully saturated rings. The SMILES string of the molecule is O=c1[15nH]c(=S)[15nH]c2nc[nH]c12. The fourth-order valence-corrected chi connectivity index (χ4v) is 1.06. The van der Waals surface area contributed by atoms with Crippen molar-refractivity contribution < 1.29 is 0 Å². The van der Waals surface area contributed by atoms with Gasteiger partial charge in [-0.2, -0.15) is 0 Å². The van der Waals surface area contributed by atoms with E-state index in [9.17, 15) is 4.79 Å². The Morgan fingerprint density at radius 3 is 3.09 bits per heavy atom. The number of nitrogens with zero attached hydrogens (tertiary/aromatic N) is 1. The van der Waals surface area contributed by atoms with E-state index in [1.165, 1.54) is 6.33 Å². The average Bonchev–Trinajstić information content (AvgIpc) is 2.34. The lowest BCUT2D eigenvalue weighted by Crippen LogP contribution is -2.07. The number of rotatable bonds is 0. The van der Waals surface area contributed by atoms with E-state index in [4.69, 9.17) is 12.2 Å². The van der Waals surface area contributed by atoms with Crippen molar-refractivity contribution in [2.45, 2.75) is 0 Å². The van der Waals surface area contributed by atoms with Crippen molar-refractivity contribution in [2.24, 2.45) is 0 Å². The maximum Gasteiger partial charge on any atom is 0.277 e. The van der Waals surface area contributed by atoms with E-state index < -0.39 is 0 Å². The molecule has 2 heterocycles. The first-order valence-electron chi connectivity index (χ1n) is 2.93. The van der Waals surface area contributed by atoms with Crippen LogP contribution in [0.15, 0.2) is 11.1 Å². The molecule has 2 aromatic heterocycles. The number of nitrogens with one attached hydrogen (secondary N) is 3. The van der Waals surface area contributed by atoms with Crippen molar-refractivity contribution in [3.8, 4) is 0 Å². The molecule has 0 bridgehead atoms. The second-order valence-electron chi connectivity index (χ2n) is 2.03. The molecule has 2 aromatic rings. The predicted octanol–water partition coefficient (Wildman–Crippen LogP) is 0.309. The summed E-state index contributed by atoms with van der Waals surface area (Å²) in [5.74, 6) is 0. The molecular formula is C5H4N4OS. The van der Waals surface area contributed by atoms with Crippen molar-refractivity contribution in [1.82, 2.24) is 19.9 Å². The van der Waals surface area contributed by atoms with Gasteiger partial charge < -0.3 is 9.97 Å². The van der Waals surface area contributed by atoms with Crippen molar-refractivity contribution >= 4 is 23.4 Å². The van der Waals surface area contributed by atoms with E-state index in [1.54, 1.807) is 0 Å². The quantitative estimate of drug-likeness (QED) is 0.498. The minimum Gasteiger partial charge on any atom is -0.339 e. The zero-order chi connectivity index (χ0) is 7.84. The van der Waals surface area contributed by atoms with E-state index in [2.05, 4.69) is 19.9 Å². The van der Waals surface area contributed by atoms with Crippen LogP contribution in [-0.4, -0.2) is 19.9 Å². The number of aromatic nitrogens is 4. The van der Waals surface area contributed by atoms with Crippen LogP contribution < -0.4 is 5.56 Å². The lowest BCUT2D eigenvalue weighted by molar-refractivity contribution is 1.12. The van der Waals surface area contributed by atoms with Gasteiger partial charge in [0, 0.05) is 0 Å². The maximum absolute atomic E-state index is 11.0. The van der Waals surface area contributed by atoms with Gasteiger partial charge >= 0.3 is 0 Å². The first-order chi connectivity index (χ1) is 5.27. The highest BCUT2D eigenvalue weighted by Gasteiger charge is 1.98. The van der Waals surface area contributed by atoms with Crippen LogP contribution in [0.1, 0.15) is 0 Å². The molecule has 0 saturated heterocycles. The Balaban J connectivity index is 3.15. The minimum absolute atomic E-state index is 0.249. The Hall–Kier alpha value is -1.43. The Morgan fingerprint density at radius 1 is 1.45 bits per heavy atom. The van der Waals surface area contributed by atoms with Crippen molar-refractivity contribution in [2.75, 3.05) is 0 Å². The number of imidazole rings is 1. The van der Waals surface area contributed by atoms with Gasteiger partial charge in [-0.15, -0.1) is 0 Å². The molecule has 6 heteroatoms. The third-order valence-electron chi connectivity index (χ3n) is 1.33. The van der Waals surface area contributed by atoms with Crippen molar-refractivity contribution in [1.29, 1.82) is 0 Å². The number of hydrogen-bond acceptors (Lipinski definition) is 3. The van der Waals surface area contributed by atoms with Gasteiger partial charge in [0.2, 0.25) is 0 Å². The number of fused-ring (bicyclic) bond motifs is 1. The fourth-order valence-electron chi connectivity index (χ4n) is 0.867. The molecule has 0 unspecified atom stereocenters. The fraction of sp³-hybridized carbons (Fsp3) is 0. The predicted molar refractivity (Wildman–Crippen MR) is 41.9 cm³/mol. The summed E-state index contributed by atoms with van der Waals surface area (Å²) < 4.78 is 0.287. The second kappa shape index (κ2) is 2.03. The molecule has 0 spiro atoms. The van der Waals surface area contributed by atoms with E-state index in [1.807, 2.05) is 0 Å². The van der Waals surface area contributed by atoms with Crippen LogP contribution in [0.5, 0.6) is 0 Å². The van der Waals surface area contributed by atoms with Gasteiger partial charge in [0.15, 0.2) is 10.4 Å². The van der Waals surface area contributed by atoms with Crippen LogP contribution in [0.25, 0.3) is 11.2 Å². The Bertz CT molecular complexity index is 493. The molecule has 0 aliphatic carbocycles. The third kappa shape index (κ3) is 0.874. The second-order valence-corrected chi connectivity index (χ2v) is 2.44. The van der Waals surface area contributed by atoms with E-state index in [-0.39, 0.29) is 10.3 Å². The standard InChI is InChI=1S/C5H4N4OS/c10-4-2-3(7-1-6-2)8-5(11)9-4/h1H,(H3,6,7,8,9,10,11)/i8+1,9+1. The first-order valence-corrected chi connectivity index (χ1v) is 3.34. The summed E-state index contributed by atoms with van der Waals surface area (Å²) in [6, 6.07) is 0. The summed E-state index contributed by atoms with van der Waals surface area (Å²) >= 11 is 4.73. The molecule has 0 atom stereocenters. The van der Waals surface area contributed by atoms with Crippen LogP contribution in [0, 0.1) is 4.77 Å². The maximum atomic E-state index is 11.0. The third-order valence-corrected chi connectivity index (χ3v) is 1.53. The zero-order valence-electron chi connectivity index (χ0n) is 5.34. The van der Waals surface area contributed by atoms with Gasteiger partial charge in [-0.05, 0) is 12.2 Å². The van der Waals surface area contributed by atoms with Gasteiger partial charge in [0.05, 0.1) is 6.33 Å². The van der Waals surface area contributed by atoms with E-state index in [0.29, 0.717) is 11.2 Å². The Kier molecular flexibility index (Phi) is 1.16. The number of H-pyrrole nitrogens is 3. The van der Waals surface area contributed by atoms with Crippen LogP contribution in [0.2, 0.25) is 0 Å². The molecule has 3 N–H and O–H groups in total. The minimum atomic E-state index is -0.249. The van der Waals surface area contributed by atoms with Crippen molar-refractivity contribution in [3.05, 3.63) is 21.5 Å². The number of hydrogen-bond donors (Lipinski definition) is 3. The molecule has 11 heavy (non-hydrogen) atoms. The molecule has 5 nitrogen and oxygen atoms in total. The molecule has 56 valence electrons. The molecule has 0 aliphatic heterocycles. The number of aromatic amines is 3. The van der Waals surface area contributed by atoms with Crippen LogP contribution >= 0.6 is 12.2 Å². The topological polar surface area (TPSA) is 77.3 Å². The highest BCUT2D eigenvalue weighted by Crippen LogP contribution is 1.95. The van der Waals surface area contributed by atoms with Crippen molar-refractivity contribution in [3.63, 3.8) is 0 Å². The molecule has 0 aliphatic rings. The molecule has 0 aromatic carbocycles. The molecule has 2 rings (SSSR count). The lowest BCUT2D eigenvalue weighted by atomic mass is 10.6. The van der Waals surface area contributed by atoms with Crippen LogP contribution in [0.3, 0.4) is 0 Å². The summed E-state index contributed by atoms with van der Waals surface area (Å²) in [6.07, 6.45) is 1.44. The summed E-state index contributed by atoms with van der Waals surface area (Å²) in [5.41, 5.74) is 0.651. The average molecular weight is 170 g/mol. The normalized spacial score (nSPS) is 10.5. The van der Waals surface area contributed by atoms with Gasteiger partial charge in [-0.3, -0.25) is 9.78 Å². The summed E-state index contributed by atoms with van der Waals surface area (Å²) in [7, 11) is 0. The molecule has 0 saturated carbocycles. The summed E-state index contributed by atoms with van der Waals surface area (Å²) in [5, 5.41) is 0. The van der Waals surface area contributed by atoms with E-state index in [0.717, 1.165) is 0 Å². The lowest BCUT2D eigenvalue weighted by Gasteiger charge is -1.85. The highest BCUT2D eigenvalue weighted by atomic mass is 32.1. The van der Waals surface area contributed by atoms with E-state index >= 15 is 0 Å². The monoisotopic (exact) mass is 170 g/mol. The molecule has 0 amide bonds. The van der Waals surface area contributed by atoms with Gasteiger partial charge in [-0.1, -0.05) is 0 Å². The Labute approximate surface area is 65.5 Å². The molecular weight excluding hydrogens is 166 g/mol. The highest BCUT2D eigenvalue weighted by molar-refractivity contribution is 7.71.